The molecule has 0 aliphatic rings. The van der Waals surface area contributed by atoms with E-state index in [2.05, 4.69) is 19.1 Å². The van der Waals surface area contributed by atoms with Gasteiger partial charge in [0.05, 0.1) is 12.2 Å². The first-order chi connectivity index (χ1) is 11.6. The summed E-state index contributed by atoms with van der Waals surface area (Å²) >= 11 is 0. The van der Waals surface area contributed by atoms with Gasteiger partial charge >= 0.3 is 5.97 Å². The predicted octanol–water partition coefficient (Wildman–Crippen LogP) is 3.93. The van der Waals surface area contributed by atoms with Crippen LogP contribution in [0.5, 0.6) is 0 Å². The van der Waals surface area contributed by atoms with Crippen molar-refractivity contribution in [2.24, 2.45) is 0 Å². The zero-order valence-corrected chi connectivity index (χ0v) is 14.4. The lowest BCUT2D eigenvalue weighted by Gasteiger charge is -2.02. The maximum absolute atomic E-state index is 10.3. The van der Waals surface area contributed by atoms with Crippen LogP contribution in [0.15, 0.2) is 60.8 Å². The monoisotopic (exact) mass is 334 g/mol. The molecule has 0 bridgehead atoms. The van der Waals surface area contributed by atoms with Crippen molar-refractivity contribution >= 4 is 5.97 Å². The molecule has 0 saturated heterocycles. The van der Waals surface area contributed by atoms with Gasteiger partial charge in [0.25, 0.3) is 0 Å². The molecule has 4 nitrogen and oxygen atoms in total. The highest BCUT2D eigenvalue weighted by molar-refractivity contribution is 5.66. The molecule has 0 amide bonds. The standard InChI is InChI=1S/C20H30O4/c1-2-3-4-5-6-9-13-18(21)14-10-7-8-11-15-19(22)16-12-17-20(23)24/h3-4,6-11,14-15,18-19,21-22H,2,5,12-13,16-17H2,1H3,(H,23,24)/b4-3+,8-7+,9-6+,14-10+,15-11+/t18-,19+/m1/s1. The van der Waals surface area contributed by atoms with Gasteiger partial charge in [-0.25, -0.2) is 0 Å². The summed E-state index contributed by atoms with van der Waals surface area (Å²) in [6.07, 6.45) is 20.9. The summed E-state index contributed by atoms with van der Waals surface area (Å²) < 4.78 is 0. The third-order valence-electron chi connectivity index (χ3n) is 3.11. The molecule has 0 fully saturated rings. The quantitative estimate of drug-likeness (QED) is 0.352. The van der Waals surface area contributed by atoms with E-state index in [1.54, 1.807) is 36.5 Å². The molecular formula is C20H30O4. The summed E-state index contributed by atoms with van der Waals surface area (Å²) in [5.74, 6) is -0.845. The van der Waals surface area contributed by atoms with Crippen molar-refractivity contribution in [3.05, 3.63) is 60.8 Å². The van der Waals surface area contributed by atoms with Gasteiger partial charge in [0.1, 0.15) is 0 Å². The average molecular weight is 334 g/mol. The van der Waals surface area contributed by atoms with Crippen LogP contribution >= 0.6 is 0 Å². The van der Waals surface area contributed by atoms with Gasteiger partial charge in [0.2, 0.25) is 0 Å². The second kappa shape index (κ2) is 16.0. The lowest BCUT2D eigenvalue weighted by molar-refractivity contribution is -0.137. The fourth-order valence-corrected chi connectivity index (χ4v) is 1.82. The Morgan fingerprint density at radius 2 is 1.54 bits per heavy atom. The van der Waals surface area contributed by atoms with E-state index in [1.807, 2.05) is 12.2 Å². The molecule has 4 heteroatoms. The minimum absolute atomic E-state index is 0.0741. The Morgan fingerprint density at radius 3 is 2.17 bits per heavy atom. The fourth-order valence-electron chi connectivity index (χ4n) is 1.82. The number of rotatable bonds is 13. The van der Waals surface area contributed by atoms with Crippen LogP contribution in [0.1, 0.15) is 45.4 Å². The zero-order chi connectivity index (χ0) is 18.0. The lowest BCUT2D eigenvalue weighted by atomic mass is 10.1. The van der Waals surface area contributed by atoms with Crippen molar-refractivity contribution in [3.8, 4) is 0 Å². The highest BCUT2D eigenvalue weighted by Crippen LogP contribution is 2.02. The highest BCUT2D eigenvalue weighted by atomic mass is 16.4. The van der Waals surface area contributed by atoms with Crippen molar-refractivity contribution in [3.63, 3.8) is 0 Å². The lowest BCUT2D eigenvalue weighted by Crippen LogP contribution is -2.03. The Hall–Kier alpha value is -1.91. The maximum atomic E-state index is 10.3. The van der Waals surface area contributed by atoms with Gasteiger partial charge in [-0.1, -0.05) is 67.7 Å². The molecule has 0 aliphatic heterocycles. The van der Waals surface area contributed by atoms with Crippen LogP contribution in [0, 0.1) is 0 Å². The average Bonchev–Trinajstić information content (AvgIpc) is 2.53. The van der Waals surface area contributed by atoms with E-state index >= 15 is 0 Å². The minimum Gasteiger partial charge on any atom is -0.481 e. The number of carbonyl (C=O) groups is 1. The summed E-state index contributed by atoms with van der Waals surface area (Å²) in [6, 6.07) is 0. The number of aliphatic hydroxyl groups excluding tert-OH is 2. The van der Waals surface area contributed by atoms with Crippen molar-refractivity contribution in [2.45, 2.75) is 57.7 Å². The number of carboxylic acid groups (broad SMARTS) is 1. The number of hydrogen-bond donors (Lipinski definition) is 3. The molecule has 0 aromatic rings. The Labute approximate surface area is 145 Å². The first-order valence-corrected chi connectivity index (χ1v) is 8.45. The van der Waals surface area contributed by atoms with E-state index in [0.717, 1.165) is 12.8 Å². The topological polar surface area (TPSA) is 77.8 Å². The van der Waals surface area contributed by atoms with Crippen LogP contribution in [0.2, 0.25) is 0 Å². The molecule has 2 atom stereocenters. The second-order valence-corrected chi connectivity index (χ2v) is 5.40. The molecule has 0 spiro atoms. The van der Waals surface area contributed by atoms with E-state index in [9.17, 15) is 15.0 Å². The van der Waals surface area contributed by atoms with Crippen LogP contribution in [-0.2, 0) is 4.79 Å². The number of allylic oxidation sites excluding steroid dienone is 7. The molecule has 0 rings (SSSR count). The molecule has 24 heavy (non-hydrogen) atoms. The fraction of sp³-hybridized carbons (Fsp3) is 0.450. The van der Waals surface area contributed by atoms with Crippen LogP contribution < -0.4 is 0 Å². The zero-order valence-electron chi connectivity index (χ0n) is 14.4. The van der Waals surface area contributed by atoms with Gasteiger partial charge in [-0.15, -0.1) is 0 Å². The Bertz CT molecular complexity index is 458. The Kier molecular flexibility index (Phi) is 14.7. The molecule has 0 aliphatic carbocycles. The van der Waals surface area contributed by atoms with Crippen LogP contribution in [0.3, 0.4) is 0 Å². The van der Waals surface area contributed by atoms with Crippen molar-refractivity contribution in [1.29, 1.82) is 0 Å². The SMILES string of the molecule is CC/C=C/C/C=C/C[C@@H](O)/C=C/C=C/C=C/[C@H](O)CCCC(=O)O. The third kappa shape index (κ3) is 16.5. The molecule has 0 aromatic heterocycles. The van der Waals surface area contributed by atoms with Gasteiger partial charge in [0, 0.05) is 6.42 Å². The molecular weight excluding hydrogens is 304 g/mol. The van der Waals surface area contributed by atoms with Crippen LogP contribution in [0.25, 0.3) is 0 Å². The molecule has 0 radical (unpaired) electrons. The highest BCUT2D eigenvalue weighted by Gasteiger charge is 2.01. The summed E-state index contributed by atoms with van der Waals surface area (Å²) in [6.45, 7) is 2.09. The summed E-state index contributed by atoms with van der Waals surface area (Å²) in [7, 11) is 0. The van der Waals surface area contributed by atoms with Gasteiger partial charge in [-0.2, -0.15) is 0 Å². The number of aliphatic hydroxyl groups is 2. The second-order valence-electron chi connectivity index (χ2n) is 5.40. The first-order valence-electron chi connectivity index (χ1n) is 8.45. The van der Waals surface area contributed by atoms with Gasteiger partial charge < -0.3 is 15.3 Å². The van der Waals surface area contributed by atoms with Crippen molar-refractivity contribution in [1.82, 2.24) is 0 Å². The van der Waals surface area contributed by atoms with Gasteiger partial charge in [-0.3, -0.25) is 4.79 Å². The van der Waals surface area contributed by atoms with E-state index in [-0.39, 0.29) is 6.42 Å². The van der Waals surface area contributed by atoms with Gasteiger partial charge in [-0.05, 0) is 32.1 Å². The van der Waals surface area contributed by atoms with Gasteiger partial charge in [0.15, 0.2) is 0 Å². The van der Waals surface area contributed by atoms with E-state index < -0.39 is 18.2 Å². The molecule has 134 valence electrons. The number of hydrogen-bond acceptors (Lipinski definition) is 3. The molecule has 0 unspecified atom stereocenters. The van der Waals surface area contributed by atoms with E-state index in [4.69, 9.17) is 5.11 Å². The predicted molar refractivity (Wildman–Crippen MR) is 98.7 cm³/mol. The largest absolute Gasteiger partial charge is 0.481 e. The molecule has 0 heterocycles. The normalized spacial score (nSPS) is 15.5. The minimum atomic E-state index is -0.845. The number of aliphatic carboxylic acids is 1. The summed E-state index contributed by atoms with van der Waals surface area (Å²) in [4.78, 5) is 10.3. The molecule has 0 saturated carbocycles. The van der Waals surface area contributed by atoms with Crippen molar-refractivity contribution < 1.29 is 20.1 Å². The van der Waals surface area contributed by atoms with Crippen LogP contribution in [-0.4, -0.2) is 33.5 Å². The van der Waals surface area contributed by atoms with Crippen molar-refractivity contribution in [2.75, 3.05) is 0 Å². The van der Waals surface area contributed by atoms with E-state index in [1.165, 1.54) is 0 Å². The van der Waals surface area contributed by atoms with E-state index in [0.29, 0.717) is 19.3 Å². The Morgan fingerprint density at radius 1 is 0.917 bits per heavy atom. The first kappa shape index (κ1) is 22.1. The third-order valence-corrected chi connectivity index (χ3v) is 3.11. The maximum Gasteiger partial charge on any atom is 0.303 e. The molecule has 0 aromatic carbocycles. The molecule has 3 N–H and O–H groups in total. The smallest absolute Gasteiger partial charge is 0.303 e. The Balaban J connectivity index is 3.87. The summed E-state index contributed by atoms with van der Waals surface area (Å²) in [5.41, 5.74) is 0. The summed E-state index contributed by atoms with van der Waals surface area (Å²) in [5, 5.41) is 27.8. The number of carboxylic acids is 1. The van der Waals surface area contributed by atoms with Crippen LogP contribution in [0.4, 0.5) is 0 Å².